The summed E-state index contributed by atoms with van der Waals surface area (Å²) in [5.41, 5.74) is 3.54. The number of H-pyrrole nitrogens is 1. The molecule has 0 aliphatic rings. The van der Waals surface area contributed by atoms with Gasteiger partial charge >= 0.3 is 0 Å². The minimum Gasteiger partial charge on any atom is -0.239 e. The third-order valence-electron chi connectivity index (χ3n) is 2.13. The van der Waals surface area contributed by atoms with Gasteiger partial charge in [0, 0.05) is 5.56 Å². The first kappa shape index (κ1) is 7.98. The maximum atomic E-state index is 3.84. The van der Waals surface area contributed by atoms with E-state index in [1.54, 1.807) is 0 Å². The highest BCUT2D eigenvalue weighted by molar-refractivity contribution is 6.33. The van der Waals surface area contributed by atoms with Crippen molar-refractivity contribution in [3.8, 4) is 11.4 Å². The lowest BCUT2D eigenvalue weighted by Crippen LogP contribution is -2.06. The van der Waals surface area contributed by atoms with Crippen LogP contribution in [0.15, 0.2) is 18.2 Å². The summed E-state index contributed by atoms with van der Waals surface area (Å²) in [5.74, 6) is 0.711. The third-order valence-corrected chi connectivity index (χ3v) is 2.13. The molecular weight excluding hydrogens is 163 g/mol. The second-order valence-electron chi connectivity index (χ2n) is 3.05. The summed E-state index contributed by atoms with van der Waals surface area (Å²) in [4.78, 5) is 0. The quantitative estimate of drug-likeness (QED) is 0.586. The SMILES string of the molecule is Bc1ccc(-c2nnn[nH]2)cc1C. The van der Waals surface area contributed by atoms with Gasteiger partial charge in [0.1, 0.15) is 7.85 Å². The van der Waals surface area contributed by atoms with Gasteiger partial charge in [0.25, 0.3) is 0 Å². The minimum absolute atomic E-state index is 0.711. The zero-order valence-electron chi connectivity index (χ0n) is 7.57. The van der Waals surface area contributed by atoms with Crippen LogP contribution in [-0.2, 0) is 0 Å². The summed E-state index contributed by atoms with van der Waals surface area (Å²) >= 11 is 0. The molecule has 2 rings (SSSR count). The van der Waals surface area contributed by atoms with E-state index in [0.717, 1.165) is 5.56 Å². The van der Waals surface area contributed by atoms with Crippen LogP contribution in [-0.4, -0.2) is 28.5 Å². The van der Waals surface area contributed by atoms with Gasteiger partial charge in [-0.2, -0.15) is 0 Å². The molecule has 1 aromatic carbocycles. The van der Waals surface area contributed by atoms with Crippen LogP contribution in [0.5, 0.6) is 0 Å². The molecule has 0 bridgehead atoms. The van der Waals surface area contributed by atoms with Crippen molar-refractivity contribution in [2.24, 2.45) is 0 Å². The van der Waals surface area contributed by atoms with Crippen LogP contribution in [0, 0.1) is 6.92 Å². The second-order valence-corrected chi connectivity index (χ2v) is 3.05. The molecule has 0 spiro atoms. The highest BCUT2D eigenvalue weighted by Gasteiger charge is 2.01. The van der Waals surface area contributed by atoms with Crippen LogP contribution in [0.1, 0.15) is 5.56 Å². The number of nitrogens with zero attached hydrogens (tertiary/aromatic N) is 3. The number of benzene rings is 1. The Balaban J connectivity index is 2.49. The Morgan fingerprint density at radius 1 is 1.38 bits per heavy atom. The van der Waals surface area contributed by atoms with Crippen molar-refractivity contribution in [2.45, 2.75) is 6.92 Å². The molecule has 0 amide bonds. The van der Waals surface area contributed by atoms with Gasteiger partial charge in [-0.15, -0.1) is 5.10 Å². The van der Waals surface area contributed by atoms with Crippen molar-refractivity contribution in [3.63, 3.8) is 0 Å². The van der Waals surface area contributed by atoms with Gasteiger partial charge in [0.05, 0.1) is 0 Å². The van der Waals surface area contributed by atoms with E-state index in [9.17, 15) is 0 Å². The Hall–Kier alpha value is -1.65. The topological polar surface area (TPSA) is 54.5 Å². The molecule has 1 aromatic heterocycles. The highest BCUT2D eigenvalue weighted by atomic mass is 15.5. The Morgan fingerprint density at radius 2 is 2.23 bits per heavy atom. The van der Waals surface area contributed by atoms with Crippen LogP contribution in [0.4, 0.5) is 0 Å². The normalized spacial score (nSPS) is 10.2. The van der Waals surface area contributed by atoms with Crippen molar-refractivity contribution < 1.29 is 0 Å². The number of tetrazole rings is 1. The van der Waals surface area contributed by atoms with Crippen LogP contribution in [0.3, 0.4) is 0 Å². The van der Waals surface area contributed by atoms with Gasteiger partial charge in [0.2, 0.25) is 0 Å². The first-order chi connectivity index (χ1) is 6.27. The molecule has 5 heteroatoms. The lowest BCUT2D eigenvalue weighted by atomic mass is 9.90. The molecule has 0 atom stereocenters. The molecule has 0 radical (unpaired) electrons. The lowest BCUT2D eigenvalue weighted by molar-refractivity contribution is 0.881. The Bertz CT molecular complexity index is 410. The van der Waals surface area contributed by atoms with Crippen molar-refractivity contribution in [2.75, 3.05) is 0 Å². The predicted molar refractivity (Wildman–Crippen MR) is 52.5 cm³/mol. The number of aryl methyl sites for hydroxylation is 1. The van der Waals surface area contributed by atoms with Gasteiger partial charge in [-0.25, -0.2) is 5.10 Å². The van der Waals surface area contributed by atoms with E-state index in [1.807, 2.05) is 6.07 Å². The van der Waals surface area contributed by atoms with E-state index in [4.69, 9.17) is 0 Å². The van der Waals surface area contributed by atoms with Crippen molar-refractivity contribution in [1.82, 2.24) is 20.6 Å². The molecule has 1 N–H and O–H groups in total. The fourth-order valence-electron chi connectivity index (χ4n) is 1.17. The maximum absolute atomic E-state index is 3.84. The van der Waals surface area contributed by atoms with E-state index in [2.05, 4.69) is 47.5 Å². The van der Waals surface area contributed by atoms with E-state index in [0.29, 0.717) is 5.82 Å². The molecule has 0 saturated carbocycles. The third kappa shape index (κ3) is 1.45. The number of hydrogen-bond acceptors (Lipinski definition) is 3. The molecule has 4 nitrogen and oxygen atoms in total. The van der Waals surface area contributed by atoms with Crippen molar-refractivity contribution in [3.05, 3.63) is 23.8 Å². The average molecular weight is 172 g/mol. The first-order valence-corrected chi connectivity index (χ1v) is 4.09. The summed E-state index contributed by atoms with van der Waals surface area (Å²) in [6.07, 6.45) is 0. The van der Waals surface area contributed by atoms with Crippen LogP contribution in [0.2, 0.25) is 0 Å². The second kappa shape index (κ2) is 3.01. The molecule has 1 heterocycles. The zero-order chi connectivity index (χ0) is 9.26. The fraction of sp³-hybridized carbons (Fsp3) is 0.125. The number of nitrogens with one attached hydrogen (secondary N) is 1. The number of aromatic nitrogens is 4. The predicted octanol–water partition coefficient (Wildman–Crippen LogP) is -0.566. The maximum Gasteiger partial charge on any atom is 0.179 e. The average Bonchev–Trinajstić information content (AvgIpc) is 2.62. The molecule has 0 aliphatic carbocycles. The zero-order valence-corrected chi connectivity index (χ0v) is 7.57. The lowest BCUT2D eigenvalue weighted by Gasteiger charge is -2.00. The van der Waals surface area contributed by atoms with E-state index >= 15 is 0 Å². The molecule has 0 fully saturated rings. The highest BCUT2D eigenvalue weighted by Crippen LogP contribution is 2.12. The summed E-state index contributed by atoms with van der Waals surface area (Å²) in [5, 5.41) is 13.6. The summed E-state index contributed by atoms with van der Waals surface area (Å²) in [6.45, 7) is 2.07. The number of aromatic amines is 1. The molecule has 64 valence electrons. The molecule has 13 heavy (non-hydrogen) atoms. The van der Waals surface area contributed by atoms with Gasteiger partial charge in [-0.3, -0.25) is 0 Å². The van der Waals surface area contributed by atoms with E-state index in [-0.39, 0.29) is 0 Å². The smallest absolute Gasteiger partial charge is 0.179 e. The molecule has 0 unspecified atom stereocenters. The first-order valence-electron chi connectivity index (χ1n) is 4.09. The summed E-state index contributed by atoms with van der Waals surface area (Å²) in [6, 6.07) is 6.13. The van der Waals surface area contributed by atoms with Crippen LogP contribution in [0.25, 0.3) is 11.4 Å². The minimum atomic E-state index is 0.711. The monoisotopic (exact) mass is 172 g/mol. The fourth-order valence-corrected chi connectivity index (χ4v) is 1.17. The van der Waals surface area contributed by atoms with Gasteiger partial charge in [-0.05, 0) is 23.4 Å². The standard InChI is InChI=1S/C8H9BN4/c1-5-4-6(2-3-7(5)9)8-10-12-13-11-8/h2-4H,9H2,1H3,(H,10,11,12,13). The van der Waals surface area contributed by atoms with E-state index < -0.39 is 0 Å². The molecule has 2 aromatic rings. The Labute approximate surface area is 76.8 Å². The van der Waals surface area contributed by atoms with Gasteiger partial charge in [-0.1, -0.05) is 23.2 Å². The Morgan fingerprint density at radius 3 is 2.85 bits per heavy atom. The number of rotatable bonds is 1. The van der Waals surface area contributed by atoms with Gasteiger partial charge < -0.3 is 0 Å². The largest absolute Gasteiger partial charge is 0.239 e. The molecule has 0 aliphatic heterocycles. The molecule has 0 saturated heterocycles. The van der Waals surface area contributed by atoms with Crippen LogP contribution < -0.4 is 5.46 Å². The van der Waals surface area contributed by atoms with Crippen molar-refractivity contribution in [1.29, 1.82) is 0 Å². The van der Waals surface area contributed by atoms with E-state index in [1.165, 1.54) is 11.0 Å². The van der Waals surface area contributed by atoms with Crippen molar-refractivity contribution >= 4 is 13.3 Å². The number of hydrogen-bond donors (Lipinski definition) is 1. The summed E-state index contributed by atoms with van der Waals surface area (Å²) < 4.78 is 0. The van der Waals surface area contributed by atoms with Gasteiger partial charge in [0.15, 0.2) is 5.82 Å². The molecular formula is C8H9BN4. The van der Waals surface area contributed by atoms with Crippen LogP contribution >= 0.6 is 0 Å². The summed E-state index contributed by atoms with van der Waals surface area (Å²) in [7, 11) is 2.08. The Kier molecular flexibility index (Phi) is 1.85.